The van der Waals surface area contributed by atoms with Crippen LogP contribution in [0.25, 0.3) is 6.08 Å². The van der Waals surface area contributed by atoms with Gasteiger partial charge in [-0.1, -0.05) is 34.1 Å². The number of halogens is 1. The average molecular weight is 404 g/mol. The zero-order valence-electron chi connectivity index (χ0n) is 12.2. The van der Waals surface area contributed by atoms with Gasteiger partial charge in [0, 0.05) is 4.47 Å². The van der Waals surface area contributed by atoms with Crippen molar-refractivity contribution in [2.45, 2.75) is 0 Å². The van der Waals surface area contributed by atoms with E-state index in [-0.39, 0.29) is 17.9 Å². The van der Waals surface area contributed by atoms with E-state index in [1.165, 1.54) is 4.90 Å². The van der Waals surface area contributed by atoms with Crippen molar-refractivity contribution in [2.75, 3.05) is 11.7 Å². The topological polar surface area (TPSA) is 55.8 Å². The van der Waals surface area contributed by atoms with Gasteiger partial charge in [0.05, 0.1) is 10.6 Å². The number of carbonyl (C=O) groups is 2. The predicted molar refractivity (Wildman–Crippen MR) is 95.2 cm³/mol. The van der Waals surface area contributed by atoms with Gasteiger partial charge in [0.15, 0.2) is 11.5 Å². The van der Waals surface area contributed by atoms with E-state index in [4.69, 9.17) is 9.47 Å². The number of rotatable bonds is 2. The Morgan fingerprint density at radius 3 is 2.54 bits per heavy atom. The Labute approximate surface area is 150 Å². The first-order chi connectivity index (χ1) is 11.6. The molecule has 24 heavy (non-hydrogen) atoms. The molecule has 2 aliphatic heterocycles. The highest BCUT2D eigenvalue weighted by molar-refractivity contribution is 9.10. The van der Waals surface area contributed by atoms with E-state index in [2.05, 4.69) is 15.9 Å². The van der Waals surface area contributed by atoms with Crippen LogP contribution in [0, 0.1) is 0 Å². The summed E-state index contributed by atoms with van der Waals surface area (Å²) in [7, 11) is 0. The molecule has 7 heteroatoms. The molecule has 120 valence electrons. The second kappa shape index (κ2) is 5.99. The second-order valence-corrected chi connectivity index (χ2v) is 6.93. The molecule has 0 N–H and O–H groups in total. The average Bonchev–Trinajstić information content (AvgIpc) is 3.13. The quantitative estimate of drug-likeness (QED) is 0.694. The predicted octanol–water partition coefficient (Wildman–Crippen LogP) is 4.42. The number of hydrogen-bond donors (Lipinski definition) is 0. The lowest BCUT2D eigenvalue weighted by atomic mass is 10.2. The highest BCUT2D eigenvalue weighted by Gasteiger charge is 2.36. The molecule has 0 spiro atoms. The standard InChI is InChI=1S/C17H10BrNO4S/c18-12-8-14-13(22-9-23-14)6-10(12)7-15-16(20)19(17(21)24-15)11-4-2-1-3-5-11/h1-8H,9H2/b15-7-. The Bertz CT molecular complexity index is 882. The normalized spacial score (nSPS) is 17.9. The molecule has 2 aromatic carbocycles. The zero-order chi connectivity index (χ0) is 16.7. The summed E-state index contributed by atoms with van der Waals surface area (Å²) >= 11 is 4.37. The molecule has 5 nitrogen and oxygen atoms in total. The minimum Gasteiger partial charge on any atom is -0.454 e. The van der Waals surface area contributed by atoms with Crippen molar-refractivity contribution in [3.05, 3.63) is 57.4 Å². The highest BCUT2D eigenvalue weighted by atomic mass is 79.9. The first-order valence-electron chi connectivity index (χ1n) is 7.05. The Morgan fingerprint density at radius 2 is 1.79 bits per heavy atom. The van der Waals surface area contributed by atoms with E-state index in [1.54, 1.807) is 42.5 Å². The Balaban J connectivity index is 1.70. The van der Waals surface area contributed by atoms with Crippen LogP contribution in [0.2, 0.25) is 0 Å². The van der Waals surface area contributed by atoms with Crippen LogP contribution in [0.4, 0.5) is 10.5 Å². The number of imide groups is 1. The van der Waals surface area contributed by atoms with Gasteiger partial charge in [-0.3, -0.25) is 9.59 Å². The van der Waals surface area contributed by atoms with E-state index in [0.717, 1.165) is 21.8 Å². The number of thioether (sulfide) groups is 1. The molecule has 2 aromatic rings. The van der Waals surface area contributed by atoms with E-state index in [0.29, 0.717) is 22.1 Å². The number of anilines is 1. The highest BCUT2D eigenvalue weighted by Crippen LogP contribution is 2.40. The number of ether oxygens (including phenoxy) is 2. The monoisotopic (exact) mass is 403 g/mol. The lowest BCUT2D eigenvalue weighted by molar-refractivity contribution is -0.113. The number of fused-ring (bicyclic) bond motifs is 1. The molecular formula is C17H10BrNO4S. The SMILES string of the molecule is O=C1S/C(=C\c2cc3c(cc2Br)OCO3)C(=O)N1c1ccccc1. The van der Waals surface area contributed by atoms with Gasteiger partial charge in [-0.15, -0.1) is 0 Å². The van der Waals surface area contributed by atoms with E-state index < -0.39 is 0 Å². The van der Waals surface area contributed by atoms with Crippen molar-refractivity contribution in [2.24, 2.45) is 0 Å². The summed E-state index contributed by atoms with van der Waals surface area (Å²) in [6.45, 7) is 0.176. The molecule has 0 unspecified atom stereocenters. The summed E-state index contributed by atoms with van der Waals surface area (Å²) in [5.41, 5.74) is 1.31. The lowest BCUT2D eigenvalue weighted by Crippen LogP contribution is -2.27. The smallest absolute Gasteiger partial charge is 0.298 e. The lowest BCUT2D eigenvalue weighted by Gasteiger charge is -2.11. The molecule has 0 radical (unpaired) electrons. The number of amides is 2. The van der Waals surface area contributed by atoms with E-state index >= 15 is 0 Å². The summed E-state index contributed by atoms with van der Waals surface area (Å²) in [4.78, 5) is 26.4. The molecule has 0 aliphatic carbocycles. The minimum absolute atomic E-state index is 0.176. The van der Waals surface area contributed by atoms with Crippen LogP contribution in [-0.4, -0.2) is 17.9 Å². The van der Waals surface area contributed by atoms with Crippen molar-refractivity contribution >= 4 is 50.6 Å². The second-order valence-electron chi connectivity index (χ2n) is 5.08. The fraction of sp³-hybridized carbons (Fsp3) is 0.0588. The summed E-state index contributed by atoms with van der Waals surface area (Å²) in [6.07, 6.45) is 1.68. The molecule has 0 saturated carbocycles. The molecule has 4 rings (SSSR count). The maximum Gasteiger partial charge on any atom is 0.298 e. The fourth-order valence-corrected chi connectivity index (χ4v) is 3.72. The van der Waals surface area contributed by atoms with Crippen LogP contribution in [0.3, 0.4) is 0 Å². The van der Waals surface area contributed by atoms with E-state index in [1.807, 2.05) is 6.07 Å². The van der Waals surface area contributed by atoms with Gasteiger partial charge in [-0.25, -0.2) is 4.90 Å². The summed E-state index contributed by atoms with van der Waals surface area (Å²) in [5, 5.41) is -0.311. The molecular weight excluding hydrogens is 394 g/mol. The Morgan fingerprint density at radius 1 is 1.08 bits per heavy atom. The first-order valence-corrected chi connectivity index (χ1v) is 8.66. The summed E-state index contributed by atoms with van der Waals surface area (Å²) in [6, 6.07) is 12.4. The maximum atomic E-state index is 12.6. The molecule has 2 amide bonds. The van der Waals surface area contributed by atoms with E-state index in [9.17, 15) is 9.59 Å². The van der Waals surface area contributed by atoms with Crippen LogP contribution >= 0.6 is 27.7 Å². The number of nitrogens with zero attached hydrogens (tertiary/aromatic N) is 1. The third kappa shape index (κ3) is 2.59. The van der Waals surface area contributed by atoms with Crippen LogP contribution < -0.4 is 14.4 Å². The van der Waals surface area contributed by atoms with Crippen LogP contribution in [0.5, 0.6) is 11.5 Å². The third-order valence-electron chi connectivity index (χ3n) is 3.59. The van der Waals surface area contributed by atoms with Gasteiger partial charge in [0.25, 0.3) is 11.1 Å². The largest absolute Gasteiger partial charge is 0.454 e. The molecule has 0 bridgehead atoms. The molecule has 2 aliphatic rings. The fourth-order valence-electron chi connectivity index (χ4n) is 2.45. The van der Waals surface area contributed by atoms with Gasteiger partial charge >= 0.3 is 0 Å². The van der Waals surface area contributed by atoms with Crippen molar-refractivity contribution in [3.63, 3.8) is 0 Å². The van der Waals surface area contributed by atoms with Crippen molar-refractivity contribution in [1.82, 2.24) is 0 Å². The van der Waals surface area contributed by atoms with Crippen LogP contribution in [0.1, 0.15) is 5.56 Å². The van der Waals surface area contributed by atoms with Gasteiger partial charge < -0.3 is 9.47 Å². The van der Waals surface area contributed by atoms with Crippen molar-refractivity contribution < 1.29 is 19.1 Å². The van der Waals surface area contributed by atoms with Gasteiger partial charge in [-0.05, 0) is 47.7 Å². The number of carbonyl (C=O) groups excluding carboxylic acids is 2. The van der Waals surface area contributed by atoms with Gasteiger partial charge in [0.2, 0.25) is 6.79 Å². The summed E-state index contributed by atoms with van der Waals surface area (Å²) in [5.74, 6) is 0.934. The Hall–Kier alpha value is -2.25. The molecule has 0 aromatic heterocycles. The van der Waals surface area contributed by atoms with Crippen LogP contribution in [-0.2, 0) is 4.79 Å². The van der Waals surface area contributed by atoms with Gasteiger partial charge in [0.1, 0.15) is 0 Å². The van der Waals surface area contributed by atoms with Crippen LogP contribution in [0.15, 0.2) is 51.8 Å². The molecule has 1 fully saturated rings. The number of para-hydroxylation sites is 1. The maximum absolute atomic E-state index is 12.6. The molecule has 0 atom stereocenters. The molecule has 1 saturated heterocycles. The molecule has 2 heterocycles. The minimum atomic E-state index is -0.333. The number of hydrogen-bond acceptors (Lipinski definition) is 5. The first kappa shape index (κ1) is 15.3. The summed E-state index contributed by atoms with van der Waals surface area (Å²) < 4.78 is 11.4. The van der Waals surface area contributed by atoms with Gasteiger partial charge in [-0.2, -0.15) is 0 Å². The zero-order valence-corrected chi connectivity index (χ0v) is 14.6. The Kier molecular flexibility index (Phi) is 3.82. The van der Waals surface area contributed by atoms with Crippen molar-refractivity contribution in [1.29, 1.82) is 0 Å². The third-order valence-corrected chi connectivity index (χ3v) is 5.14. The van der Waals surface area contributed by atoms with Crippen molar-refractivity contribution in [3.8, 4) is 11.5 Å². The number of benzene rings is 2.